The molecule has 1 fully saturated rings. The fourth-order valence-electron chi connectivity index (χ4n) is 3.71. The van der Waals surface area contributed by atoms with Crippen LogP contribution in [-0.2, 0) is 52.2 Å². The molecule has 0 radical (unpaired) electrons. The van der Waals surface area contributed by atoms with Gasteiger partial charge in [-0.2, -0.15) is 0 Å². The maximum atomic E-state index is 10.4. The minimum absolute atomic E-state index is 0.0349. The molecule has 0 heterocycles. The molecule has 0 aromatic rings. The second kappa shape index (κ2) is 7.54. The van der Waals surface area contributed by atoms with E-state index in [1.54, 1.807) is 0 Å². The molecule has 0 bridgehead atoms. The first-order chi connectivity index (χ1) is 7.96. The summed E-state index contributed by atoms with van der Waals surface area (Å²) >= 11 is 1.71. The van der Waals surface area contributed by atoms with Crippen molar-refractivity contribution in [1.29, 1.82) is 0 Å². The summed E-state index contributed by atoms with van der Waals surface area (Å²) in [5.74, 6) is 0.547. The standard InChI is InChI=1S/C13H25NO.2Hg/c1-5-10-13(2,14(3)4)11-8-6-7-9-12(11)15;;/h2,11-12,15H,5-10H2,1,3-4H3;;. The number of rotatable bonds is 5. The molecule has 3 unspecified atom stereocenters. The molecule has 0 aliphatic heterocycles. The van der Waals surface area contributed by atoms with Gasteiger partial charge in [-0.15, -0.1) is 0 Å². The summed E-state index contributed by atoms with van der Waals surface area (Å²) in [6.45, 7) is 2.30. The Morgan fingerprint density at radius 2 is 1.88 bits per heavy atom. The first-order valence-electron chi connectivity index (χ1n) is 6.98. The molecule has 1 rings (SSSR count). The quantitative estimate of drug-likeness (QED) is 0.483. The van der Waals surface area contributed by atoms with Crippen LogP contribution in [0.25, 0.3) is 0 Å². The molecule has 2 nitrogen and oxygen atoms in total. The van der Waals surface area contributed by atoms with Crippen LogP contribution in [0.1, 0.15) is 45.4 Å². The molecule has 0 amide bonds. The predicted molar refractivity (Wildman–Crippen MR) is 63.0 cm³/mol. The second-order valence-electron chi connectivity index (χ2n) is 5.79. The van der Waals surface area contributed by atoms with Crippen LogP contribution < -0.4 is 0 Å². The Bertz CT molecular complexity index is 225. The second-order valence-corrected chi connectivity index (χ2v) is 30.9. The number of hydrogen-bond donors (Lipinski definition) is 1. The number of aliphatic hydroxyl groups is 1. The van der Waals surface area contributed by atoms with Crippen LogP contribution in [0.3, 0.4) is 0 Å². The summed E-state index contributed by atoms with van der Waals surface area (Å²) in [5, 5.41) is 10.4. The van der Waals surface area contributed by atoms with Crippen molar-refractivity contribution in [3.63, 3.8) is 0 Å². The molecule has 0 aromatic heterocycles. The van der Waals surface area contributed by atoms with Crippen LogP contribution in [0, 0.1) is 5.92 Å². The van der Waals surface area contributed by atoms with Gasteiger partial charge in [0.05, 0.1) is 0 Å². The van der Waals surface area contributed by atoms with Crippen LogP contribution in [0.15, 0.2) is 0 Å². The Morgan fingerprint density at radius 3 is 2.29 bits per heavy atom. The van der Waals surface area contributed by atoms with Crippen LogP contribution in [0.5, 0.6) is 0 Å². The summed E-state index contributed by atoms with van der Waals surface area (Å²) in [7, 11) is 4.51. The Hall–Kier alpha value is 1.79. The van der Waals surface area contributed by atoms with Crippen molar-refractivity contribution in [1.82, 2.24) is 4.90 Å². The Morgan fingerprint density at radius 1 is 1.29 bits per heavy atom. The minimum atomic E-state index is -0.0349. The van der Waals surface area contributed by atoms with E-state index >= 15 is 0 Å². The summed E-state index contributed by atoms with van der Waals surface area (Å²) in [6, 6.07) is 0. The van der Waals surface area contributed by atoms with Gasteiger partial charge in [0.1, 0.15) is 0 Å². The molecule has 92 valence electrons. The van der Waals surface area contributed by atoms with Crippen molar-refractivity contribution in [3.05, 3.63) is 0 Å². The molecule has 17 heavy (non-hydrogen) atoms. The Kier molecular flexibility index (Phi) is 7.47. The normalized spacial score (nSPS) is 29.8. The van der Waals surface area contributed by atoms with Gasteiger partial charge in [0.15, 0.2) is 0 Å². The fourth-order valence-corrected chi connectivity index (χ4v) is 10.5. The zero-order valence-electron chi connectivity index (χ0n) is 11.8. The van der Waals surface area contributed by atoms with Gasteiger partial charge in [-0.25, -0.2) is 0 Å². The fraction of sp³-hybridized carbons (Fsp3) is 1.00. The molecule has 4 heteroatoms. The first kappa shape index (κ1) is 16.8. The monoisotopic (exact) mass is 615 g/mol. The van der Waals surface area contributed by atoms with Gasteiger partial charge in [0, 0.05) is 0 Å². The van der Waals surface area contributed by atoms with E-state index in [2.05, 4.69) is 25.9 Å². The molecular weight excluding hydrogens is 587 g/mol. The van der Waals surface area contributed by atoms with Gasteiger partial charge in [0.25, 0.3) is 0 Å². The maximum absolute atomic E-state index is 10.4. The van der Waals surface area contributed by atoms with Gasteiger partial charge in [-0.3, -0.25) is 0 Å². The molecule has 1 saturated carbocycles. The molecule has 0 saturated heterocycles. The Balaban J connectivity index is 3.01. The van der Waals surface area contributed by atoms with E-state index in [-0.39, 0.29) is 6.10 Å². The zero-order valence-corrected chi connectivity index (χ0v) is 22.8. The average molecular weight is 613 g/mol. The van der Waals surface area contributed by atoms with Crippen molar-refractivity contribution < 1.29 is 57.3 Å². The number of aliphatic hydroxyl groups excluding tert-OH is 1. The van der Waals surface area contributed by atoms with Crippen LogP contribution >= 0.6 is 0 Å². The molecule has 3 atom stereocenters. The molecule has 1 aliphatic carbocycles. The molecule has 0 aromatic carbocycles. The topological polar surface area (TPSA) is 23.5 Å². The molecular formula is C13H25Hg2NO. The summed E-state index contributed by atoms with van der Waals surface area (Å²) in [5.41, 5.74) is 0.348. The third kappa shape index (κ3) is 3.66. The predicted octanol–water partition coefficient (Wildman–Crippen LogP) is 2.48. The third-order valence-electron chi connectivity index (χ3n) is 4.56. The van der Waals surface area contributed by atoms with Crippen molar-refractivity contribution in [2.24, 2.45) is 5.92 Å². The van der Waals surface area contributed by atoms with Gasteiger partial charge >= 0.3 is 140 Å². The van der Waals surface area contributed by atoms with Gasteiger partial charge in [-0.1, -0.05) is 0 Å². The van der Waals surface area contributed by atoms with E-state index < -0.39 is 0 Å². The van der Waals surface area contributed by atoms with E-state index in [4.69, 9.17) is 0 Å². The van der Waals surface area contributed by atoms with Crippen molar-refractivity contribution in [2.75, 3.05) is 14.1 Å². The van der Waals surface area contributed by atoms with E-state index in [9.17, 15) is 5.11 Å². The number of hydrogen-bond acceptors (Lipinski definition) is 2. The van der Waals surface area contributed by atoms with Crippen molar-refractivity contribution in [3.8, 4) is 0 Å². The molecule has 1 N–H and O–H groups in total. The van der Waals surface area contributed by atoms with E-state index in [0.717, 1.165) is 59.6 Å². The van der Waals surface area contributed by atoms with Crippen LogP contribution in [0.4, 0.5) is 0 Å². The average Bonchev–Trinajstić information content (AvgIpc) is 2.26. The molecule has 0 spiro atoms. The zero-order chi connectivity index (χ0) is 13.1. The number of nitrogens with zero attached hydrogens (tertiary/aromatic N) is 1. The SMILES string of the molecule is CCCC([CH]([Hg])[Hg])(C1CCCCC1O)N(C)C. The van der Waals surface area contributed by atoms with Crippen molar-refractivity contribution >= 4 is 0 Å². The van der Waals surface area contributed by atoms with E-state index in [1.165, 1.54) is 32.1 Å². The van der Waals surface area contributed by atoms with E-state index in [1.807, 2.05) is 0 Å². The third-order valence-corrected chi connectivity index (χ3v) is 10.1. The van der Waals surface area contributed by atoms with Crippen LogP contribution in [0.2, 0.25) is 0.935 Å². The van der Waals surface area contributed by atoms with Gasteiger partial charge in [-0.05, 0) is 0 Å². The summed E-state index contributed by atoms with van der Waals surface area (Å²) in [6.07, 6.45) is 7.37. The van der Waals surface area contributed by atoms with E-state index in [0.29, 0.717) is 11.5 Å². The summed E-state index contributed by atoms with van der Waals surface area (Å²) in [4.78, 5) is 2.49. The van der Waals surface area contributed by atoms with Crippen LogP contribution in [-0.4, -0.2) is 35.7 Å². The first-order valence-corrected chi connectivity index (χ1v) is 13.3. The summed E-state index contributed by atoms with van der Waals surface area (Å²) < 4.78 is 0.982. The van der Waals surface area contributed by atoms with Crippen molar-refractivity contribution in [2.45, 2.75) is 58.0 Å². The van der Waals surface area contributed by atoms with Gasteiger partial charge in [0.2, 0.25) is 0 Å². The Labute approximate surface area is 139 Å². The van der Waals surface area contributed by atoms with Gasteiger partial charge < -0.3 is 0 Å². The molecule has 1 aliphatic rings.